The van der Waals surface area contributed by atoms with E-state index < -0.39 is 35.9 Å². The standard InChI is InChI=1S/C15H30N6O4S/c1-8(2)6-10(13(23)21-11(7-26)14(24)25)20-12(22)9(16)4-3-5-19-15(17)18/h8-11,26H,3-7,16H2,1-2H3,(H,20,22)(H,21,23)(H,24,25)(H4,17,18,19)/t9-,10-,11-/m0/s1. The molecular weight excluding hydrogens is 360 g/mol. The highest BCUT2D eigenvalue weighted by Crippen LogP contribution is 2.07. The molecule has 0 bridgehead atoms. The monoisotopic (exact) mass is 390 g/mol. The molecule has 0 spiro atoms. The molecule has 0 aliphatic rings. The largest absolute Gasteiger partial charge is 0.480 e. The lowest BCUT2D eigenvalue weighted by Gasteiger charge is -2.23. The Morgan fingerprint density at radius 2 is 1.69 bits per heavy atom. The van der Waals surface area contributed by atoms with Gasteiger partial charge in [0.05, 0.1) is 6.04 Å². The van der Waals surface area contributed by atoms with Crippen molar-refractivity contribution in [1.29, 1.82) is 0 Å². The molecule has 26 heavy (non-hydrogen) atoms. The van der Waals surface area contributed by atoms with Gasteiger partial charge in [-0.05, 0) is 25.2 Å². The normalized spacial score (nSPS) is 14.2. The van der Waals surface area contributed by atoms with Crippen molar-refractivity contribution in [3.63, 3.8) is 0 Å². The average molecular weight is 391 g/mol. The zero-order valence-corrected chi connectivity index (χ0v) is 16.0. The summed E-state index contributed by atoms with van der Waals surface area (Å²) in [6.45, 7) is 4.12. The Morgan fingerprint density at radius 1 is 1.12 bits per heavy atom. The van der Waals surface area contributed by atoms with Gasteiger partial charge in [0.1, 0.15) is 12.1 Å². The highest BCUT2D eigenvalue weighted by atomic mass is 32.1. The highest BCUT2D eigenvalue weighted by Gasteiger charge is 2.27. The van der Waals surface area contributed by atoms with Gasteiger partial charge in [0.2, 0.25) is 11.8 Å². The zero-order chi connectivity index (χ0) is 20.3. The van der Waals surface area contributed by atoms with Crippen molar-refractivity contribution in [2.45, 2.75) is 51.2 Å². The fourth-order valence-corrected chi connectivity index (χ4v) is 2.34. The number of carboxylic acids is 1. The van der Waals surface area contributed by atoms with E-state index >= 15 is 0 Å². The number of aliphatic carboxylic acids is 1. The van der Waals surface area contributed by atoms with E-state index in [2.05, 4.69) is 28.3 Å². The molecule has 0 aromatic heterocycles. The van der Waals surface area contributed by atoms with Crippen molar-refractivity contribution in [1.82, 2.24) is 10.6 Å². The summed E-state index contributed by atoms with van der Waals surface area (Å²) in [7, 11) is 0. The molecule has 0 saturated carbocycles. The number of carboxylic acid groups (broad SMARTS) is 1. The smallest absolute Gasteiger partial charge is 0.327 e. The average Bonchev–Trinajstić information content (AvgIpc) is 2.54. The molecule has 0 saturated heterocycles. The predicted molar refractivity (Wildman–Crippen MR) is 103 cm³/mol. The van der Waals surface area contributed by atoms with Crippen LogP contribution in [-0.2, 0) is 14.4 Å². The van der Waals surface area contributed by atoms with Crippen molar-refractivity contribution in [3.05, 3.63) is 0 Å². The molecule has 0 rings (SSSR count). The summed E-state index contributed by atoms with van der Waals surface area (Å²) < 4.78 is 0. The summed E-state index contributed by atoms with van der Waals surface area (Å²) in [5.41, 5.74) is 16.3. The van der Waals surface area contributed by atoms with Crippen LogP contribution in [0.1, 0.15) is 33.1 Å². The molecule has 150 valence electrons. The summed E-state index contributed by atoms with van der Waals surface area (Å²) >= 11 is 3.90. The first kappa shape index (κ1) is 24.0. The number of nitrogens with zero attached hydrogens (tertiary/aromatic N) is 1. The predicted octanol–water partition coefficient (Wildman–Crippen LogP) is -1.60. The summed E-state index contributed by atoms with van der Waals surface area (Å²) in [6, 6.07) is -2.84. The van der Waals surface area contributed by atoms with Crippen molar-refractivity contribution in [3.8, 4) is 0 Å². The van der Waals surface area contributed by atoms with Gasteiger partial charge in [0.25, 0.3) is 0 Å². The number of hydrogen-bond acceptors (Lipinski definition) is 6. The van der Waals surface area contributed by atoms with E-state index in [1.54, 1.807) is 0 Å². The molecular formula is C15H30N6O4S. The minimum absolute atomic E-state index is 0.0335. The van der Waals surface area contributed by atoms with Gasteiger partial charge in [-0.15, -0.1) is 0 Å². The van der Waals surface area contributed by atoms with Crippen LogP contribution in [0.4, 0.5) is 0 Å². The second kappa shape index (κ2) is 12.4. The fourth-order valence-electron chi connectivity index (χ4n) is 2.09. The van der Waals surface area contributed by atoms with E-state index in [0.29, 0.717) is 25.8 Å². The first-order valence-corrected chi connectivity index (χ1v) is 8.97. The molecule has 0 aliphatic heterocycles. The van der Waals surface area contributed by atoms with Gasteiger partial charge in [0, 0.05) is 12.3 Å². The number of nitrogens with two attached hydrogens (primary N) is 3. The maximum Gasteiger partial charge on any atom is 0.327 e. The van der Waals surface area contributed by atoms with Gasteiger partial charge < -0.3 is 32.9 Å². The summed E-state index contributed by atoms with van der Waals surface area (Å²) in [5, 5.41) is 14.0. The van der Waals surface area contributed by atoms with E-state index in [1.165, 1.54) is 0 Å². The maximum absolute atomic E-state index is 12.3. The third-order valence-corrected chi connectivity index (χ3v) is 3.81. The van der Waals surface area contributed by atoms with Gasteiger partial charge in [0.15, 0.2) is 5.96 Å². The van der Waals surface area contributed by atoms with Crippen molar-refractivity contribution in [2.75, 3.05) is 12.3 Å². The Kier molecular flexibility index (Phi) is 11.4. The molecule has 9 N–H and O–H groups in total. The summed E-state index contributed by atoms with van der Waals surface area (Å²) in [4.78, 5) is 39.4. The van der Waals surface area contributed by atoms with Gasteiger partial charge in [-0.3, -0.25) is 14.6 Å². The number of carbonyl (C=O) groups is 3. The summed E-state index contributed by atoms with van der Waals surface area (Å²) in [5.74, 6) is -2.26. The third-order valence-electron chi connectivity index (χ3n) is 3.44. The molecule has 0 heterocycles. The molecule has 2 amide bonds. The van der Waals surface area contributed by atoms with Gasteiger partial charge in [-0.2, -0.15) is 12.6 Å². The van der Waals surface area contributed by atoms with E-state index in [1.807, 2.05) is 13.8 Å². The van der Waals surface area contributed by atoms with Crippen molar-refractivity contribution < 1.29 is 19.5 Å². The minimum atomic E-state index is -1.19. The molecule has 0 aromatic rings. The molecule has 0 radical (unpaired) electrons. The lowest BCUT2D eigenvalue weighted by atomic mass is 10.0. The Labute approximate surface area is 158 Å². The van der Waals surface area contributed by atoms with E-state index in [9.17, 15) is 14.4 Å². The SMILES string of the molecule is CC(C)C[C@H](NC(=O)[C@@H](N)CCCN=C(N)N)C(=O)N[C@@H](CS)C(=O)O. The first-order valence-electron chi connectivity index (χ1n) is 8.33. The van der Waals surface area contributed by atoms with Crippen LogP contribution in [0.25, 0.3) is 0 Å². The van der Waals surface area contributed by atoms with Gasteiger partial charge in [-0.25, -0.2) is 4.79 Å². The van der Waals surface area contributed by atoms with Crippen molar-refractivity contribution >= 4 is 36.4 Å². The molecule has 0 unspecified atom stereocenters. The lowest BCUT2D eigenvalue weighted by Crippen LogP contribution is -2.55. The Bertz CT molecular complexity index is 510. The maximum atomic E-state index is 12.3. The summed E-state index contributed by atoms with van der Waals surface area (Å²) in [6.07, 6.45) is 1.19. The van der Waals surface area contributed by atoms with Crippen LogP contribution in [0, 0.1) is 5.92 Å². The number of rotatable bonds is 12. The van der Waals surface area contributed by atoms with E-state index in [4.69, 9.17) is 22.3 Å². The van der Waals surface area contributed by atoms with E-state index in [-0.39, 0.29) is 17.6 Å². The van der Waals surface area contributed by atoms with Crippen molar-refractivity contribution in [2.24, 2.45) is 28.1 Å². The Balaban J connectivity index is 4.77. The van der Waals surface area contributed by atoms with Crippen LogP contribution in [0.5, 0.6) is 0 Å². The highest BCUT2D eigenvalue weighted by molar-refractivity contribution is 7.80. The zero-order valence-electron chi connectivity index (χ0n) is 15.1. The minimum Gasteiger partial charge on any atom is -0.480 e. The molecule has 0 aromatic carbocycles. The van der Waals surface area contributed by atoms with Crippen LogP contribution in [0.15, 0.2) is 4.99 Å². The first-order chi connectivity index (χ1) is 12.1. The second-order valence-corrected chi connectivity index (χ2v) is 6.69. The number of amides is 2. The van der Waals surface area contributed by atoms with Crippen LogP contribution in [0.2, 0.25) is 0 Å². The number of aliphatic imine (C=N–C) groups is 1. The number of guanidine groups is 1. The molecule has 3 atom stereocenters. The molecule has 11 heteroatoms. The Hall–Kier alpha value is -2.01. The number of hydrogen-bond donors (Lipinski definition) is 7. The molecule has 10 nitrogen and oxygen atoms in total. The van der Waals surface area contributed by atoms with Gasteiger partial charge >= 0.3 is 5.97 Å². The number of nitrogens with one attached hydrogen (secondary N) is 2. The molecule has 0 aliphatic carbocycles. The number of carbonyl (C=O) groups excluding carboxylic acids is 2. The van der Waals surface area contributed by atoms with Crippen LogP contribution >= 0.6 is 12.6 Å². The van der Waals surface area contributed by atoms with Crippen LogP contribution in [-0.4, -0.2) is 59.3 Å². The fraction of sp³-hybridized carbons (Fsp3) is 0.733. The quantitative estimate of drug-likeness (QED) is 0.0904. The molecule has 0 fully saturated rings. The van der Waals surface area contributed by atoms with E-state index in [0.717, 1.165) is 0 Å². The van der Waals surface area contributed by atoms with Crippen LogP contribution < -0.4 is 27.8 Å². The van der Waals surface area contributed by atoms with Crippen LogP contribution in [0.3, 0.4) is 0 Å². The lowest BCUT2D eigenvalue weighted by molar-refractivity contribution is -0.141. The number of thiol groups is 1. The topological polar surface area (TPSA) is 186 Å². The second-order valence-electron chi connectivity index (χ2n) is 6.33. The van der Waals surface area contributed by atoms with Gasteiger partial charge in [-0.1, -0.05) is 13.8 Å². The Morgan fingerprint density at radius 3 is 2.15 bits per heavy atom. The third kappa shape index (κ3) is 10.1.